The van der Waals surface area contributed by atoms with Crippen molar-refractivity contribution in [3.05, 3.63) is 18.2 Å². The van der Waals surface area contributed by atoms with Crippen LogP contribution in [-0.4, -0.2) is 22.0 Å². The zero-order chi connectivity index (χ0) is 14.0. The average molecular weight is 283 g/mol. The van der Waals surface area contributed by atoms with Gasteiger partial charge in [-0.05, 0) is 37.0 Å². The van der Waals surface area contributed by atoms with Gasteiger partial charge in [0.25, 0.3) is 0 Å². The van der Waals surface area contributed by atoms with Crippen LogP contribution in [0.25, 0.3) is 0 Å². The third kappa shape index (κ3) is 3.39. The Balaban J connectivity index is 2.27. The molecule has 0 heterocycles. The summed E-state index contributed by atoms with van der Waals surface area (Å²) in [7, 11) is -1.85. The van der Waals surface area contributed by atoms with E-state index in [9.17, 15) is 8.42 Å². The second-order valence-electron chi connectivity index (χ2n) is 5.30. The third-order valence-corrected chi connectivity index (χ3v) is 4.65. The molecule has 1 aromatic rings. The van der Waals surface area contributed by atoms with Gasteiger partial charge < -0.3 is 10.6 Å². The molecule has 0 radical (unpaired) electrons. The molecule has 1 aliphatic carbocycles. The molecule has 0 unspecified atom stereocenters. The van der Waals surface area contributed by atoms with E-state index in [1.807, 2.05) is 11.9 Å². The van der Waals surface area contributed by atoms with Crippen molar-refractivity contribution < 1.29 is 8.42 Å². The molecule has 2 rings (SSSR count). The van der Waals surface area contributed by atoms with Gasteiger partial charge in [-0.2, -0.15) is 0 Å². The summed E-state index contributed by atoms with van der Waals surface area (Å²) in [6.45, 7) is 0.854. The SMILES string of the molecule is CN(CC1CCCC1)c1ccc(N)cc1S(N)(=O)=O. The van der Waals surface area contributed by atoms with Crippen molar-refractivity contribution >= 4 is 21.4 Å². The first-order chi connectivity index (χ1) is 8.88. The van der Waals surface area contributed by atoms with Gasteiger partial charge in [-0.25, -0.2) is 13.6 Å². The summed E-state index contributed by atoms with van der Waals surface area (Å²) in [6, 6.07) is 4.86. The second-order valence-corrected chi connectivity index (χ2v) is 6.83. The van der Waals surface area contributed by atoms with Crippen LogP contribution in [0.3, 0.4) is 0 Å². The smallest absolute Gasteiger partial charge is 0.240 e. The average Bonchev–Trinajstić information content (AvgIpc) is 2.80. The molecule has 1 aromatic carbocycles. The summed E-state index contributed by atoms with van der Waals surface area (Å²) >= 11 is 0. The van der Waals surface area contributed by atoms with E-state index < -0.39 is 10.0 Å². The van der Waals surface area contributed by atoms with Crippen molar-refractivity contribution in [3.8, 4) is 0 Å². The van der Waals surface area contributed by atoms with Gasteiger partial charge in [-0.15, -0.1) is 0 Å². The highest BCUT2D eigenvalue weighted by Crippen LogP contribution is 2.30. The molecule has 0 aliphatic heterocycles. The molecule has 1 aliphatic rings. The maximum absolute atomic E-state index is 11.6. The van der Waals surface area contributed by atoms with Gasteiger partial charge >= 0.3 is 0 Å². The molecule has 19 heavy (non-hydrogen) atoms. The van der Waals surface area contributed by atoms with Gasteiger partial charge in [0, 0.05) is 19.3 Å². The fourth-order valence-electron chi connectivity index (χ4n) is 2.75. The highest BCUT2D eigenvalue weighted by molar-refractivity contribution is 7.89. The Morgan fingerprint density at radius 2 is 1.95 bits per heavy atom. The van der Waals surface area contributed by atoms with E-state index in [1.165, 1.54) is 31.7 Å². The molecule has 0 atom stereocenters. The number of hydrogen-bond acceptors (Lipinski definition) is 4. The van der Waals surface area contributed by atoms with Crippen LogP contribution in [-0.2, 0) is 10.0 Å². The number of primary sulfonamides is 1. The van der Waals surface area contributed by atoms with E-state index in [0.717, 1.165) is 6.54 Å². The molecule has 0 spiro atoms. The summed E-state index contributed by atoms with van der Waals surface area (Å²) in [4.78, 5) is 2.07. The van der Waals surface area contributed by atoms with Crippen molar-refractivity contribution in [2.24, 2.45) is 11.1 Å². The lowest BCUT2D eigenvalue weighted by Gasteiger charge is -2.25. The molecular formula is C13H21N3O2S. The van der Waals surface area contributed by atoms with E-state index in [-0.39, 0.29) is 4.90 Å². The molecule has 1 fully saturated rings. The Morgan fingerprint density at radius 1 is 1.32 bits per heavy atom. The number of benzene rings is 1. The van der Waals surface area contributed by atoms with Crippen LogP contribution < -0.4 is 15.8 Å². The standard InChI is InChI=1S/C13H21N3O2S/c1-16(9-10-4-2-3-5-10)12-7-6-11(14)8-13(12)19(15,17)18/h6-8,10H,2-5,9,14H2,1H3,(H2,15,17,18). The van der Waals surface area contributed by atoms with Crippen LogP contribution in [0.15, 0.2) is 23.1 Å². The van der Waals surface area contributed by atoms with Gasteiger partial charge in [0.1, 0.15) is 4.90 Å². The normalized spacial score (nSPS) is 16.7. The van der Waals surface area contributed by atoms with Gasteiger partial charge in [0.05, 0.1) is 5.69 Å². The predicted molar refractivity (Wildman–Crippen MR) is 77.5 cm³/mol. The maximum atomic E-state index is 11.6. The second kappa shape index (κ2) is 5.38. The Kier molecular flexibility index (Phi) is 4.01. The van der Waals surface area contributed by atoms with E-state index in [1.54, 1.807) is 12.1 Å². The van der Waals surface area contributed by atoms with Crippen LogP contribution in [0.5, 0.6) is 0 Å². The van der Waals surface area contributed by atoms with Gasteiger partial charge in [0.15, 0.2) is 0 Å². The van der Waals surface area contributed by atoms with Gasteiger partial charge in [0.2, 0.25) is 10.0 Å². The van der Waals surface area contributed by atoms with Crippen molar-refractivity contribution in [1.29, 1.82) is 0 Å². The lowest BCUT2D eigenvalue weighted by Crippen LogP contribution is -2.27. The van der Waals surface area contributed by atoms with E-state index in [4.69, 9.17) is 10.9 Å². The zero-order valence-electron chi connectivity index (χ0n) is 11.2. The molecule has 0 bridgehead atoms. The minimum absolute atomic E-state index is 0.105. The molecule has 6 heteroatoms. The van der Waals surface area contributed by atoms with Crippen molar-refractivity contribution in [3.63, 3.8) is 0 Å². The van der Waals surface area contributed by atoms with Crippen LogP contribution in [0, 0.1) is 5.92 Å². The molecule has 106 valence electrons. The molecule has 0 saturated heterocycles. The Bertz CT molecular complexity index is 551. The van der Waals surface area contributed by atoms with Gasteiger partial charge in [-0.3, -0.25) is 0 Å². The number of nitrogens with two attached hydrogens (primary N) is 2. The number of sulfonamides is 1. The number of rotatable bonds is 4. The number of nitrogen functional groups attached to an aromatic ring is 1. The molecule has 4 N–H and O–H groups in total. The van der Waals surface area contributed by atoms with E-state index in [0.29, 0.717) is 17.3 Å². The first-order valence-corrected chi connectivity index (χ1v) is 8.06. The number of hydrogen-bond donors (Lipinski definition) is 2. The fraction of sp³-hybridized carbons (Fsp3) is 0.538. The minimum Gasteiger partial charge on any atom is -0.399 e. The highest BCUT2D eigenvalue weighted by Gasteiger charge is 2.21. The van der Waals surface area contributed by atoms with Crippen LogP contribution >= 0.6 is 0 Å². The van der Waals surface area contributed by atoms with Crippen LogP contribution in [0.4, 0.5) is 11.4 Å². The Hall–Kier alpha value is -1.27. The summed E-state index contributed by atoms with van der Waals surface area (Å²) in [5.41, 5.74) is 6.68. The molecule has 5 nitrogen and oxygen atoms in total. The minimum atomic E-state index is -3.76. The van der Waals surface area contributed by atoms with E-state index >= 15 is 0 Å². The highest BCUT2D eigenvalue weighted by atomic mass is 32.2. The largest absolute Gasteiger partial charge is 0.399 e. The fourth-order valence-corrected chi connectivity index (χ4v) is 3.57. The number of nitrogens with zero attached hydrogens (tertiary/aromatic N) is 1. The topological polar surface area (TPSA) is 89.4 Å². The monoisotopic (exact) mass is 283 g/mol. The predicted octanol–water partition coefficient (Wildman–Crippen LogP) is 1.54. The zero-order valence-corrected chi connectivity index (χ0v) is 12.0. The summed E-state index contributed by atoms with van der Waals surface area (Å²) < 4.78 is 23.3. The van der Waals surface area contributed by atoms with E-state index in [2.05, 4.69) is 0 Å². The van der Waals surface area contributed by atoms with Crippen LogP contribution in [0.1, 0.15) is 25.7 Å². The lowest BCUT2D eigenvalue weighted by molar-refractivity contribution is 0.545. The molecule has 1 saturated carbocycles. The first kappa shape index (κ1) is 14.1. The molecule has 0 aromatic heterocycles. The van der Waals surface area contributed by atoms with Crippen LogP contribution in [0.2, 0.25) is 0 Å². The third-order valence-electron chi connectivity index (χ3n) is 3.71. The quantitative estimate of drug-likeness (QED) is 0.820. The maximum Gasteiger partial charge on any atom is 0.240 e. The Morgan fingerprint density at radius 3 is 2.53 bits per heavy atom. The number of anilines is 2. The van der Waals surface area contributed by atoms with Crippen molar-refractivity contribution in [2.75, 3.05) is 24.2 Å². The Labute approximate surface area is 114 Å². The molecule has 0 amide bonds. The van der Waals surface area contributed by atoms with Crippen molar-refractivity contribution in [1.82, 2.24) is 0 Å². The summed E-state index contributed by atoms with van der Waals surface area (Å²) in [5.74, 6) is 0.635. The summed E-state index contributed by atoms with van der Waals surface area (Å²) in [6.07, 6.45) is 4.96. The lowest BCUT2D eigenvalue weighted by atomic mass is 10.1. The molecular weight excluding hydrogens is 262 g/mol. The van der Waals surface area contributed by atoms with Crippen molar-refractivity contribution in [2.45, 2.75) is 30.6 Å². The first-order valence-electron chi connectivity index (χ1n) is 6.51. The summed E-state index contributed by atoms with van der Waals surface area (Å²) in [5, 5.41) is 5.26. The van der Waals surface area contributed by atoms with Gasteiger partial charge in [-0.1, -0.05) is 12.8 Å².